The van der Waals surface area contributed by atoms with Crippen LogP contribution in [0.3, 0.4) is 0 Å². The predicted molar refractivity (Wildman–Crippen MR) is 98.8 cm³/mol. The highest BCUT2D eigenvalue weighted by molar-refractivity contribution is 7.92. The van der Waals surface area contributed by atoms with Crippen molar-refractivity contribution in [3.05, 3.63) is 48.0 Å². The maximum absolute atomic E-state index is 12.8. The molecular formula is C18H18N2O6S. The number of ether oxygens (including phenoxy) is 1. The van der Waals surface area contributed by atoms with E-state index in [4.69, 9.17) is 9.84 Å². The normalized spacial score (nSPS) is 14.3. The van der Waals surface area contributed by atoms with Crippen LogP contribution in [0.4, 0.5) is 11.4 Å². The molecule has 8 nitrogen and oxygen atoms in total. The predicted octanol–water partition coefficient (Wildman–Crippen LogP) is 2.32. The highest BCUT2D eigenvalue weighted by Crippen LogP contribution is 2.29. The molecule has 27 heavy (non-hydrogen) atoms. The number of hydrogen-bond acceptors (Lipinski definition) is 5. The molecule has 0 aromatic heterocycles. The second-order valence-corrected chi connectivity index (χ2v) is 7.63. The number of sulfonamides is 1. The van der Waals surface area contributed by atoms with Gasteiger partial charge in [-0.2, -0.15) is 0 Å². The summed E-state index contributed by atoms with van der Waals surface area (Å²) in [7, 11) is -2.81. The van der Waals surface area contributed by atoms with Crippen LogP contribution in [0.15, 0.2) is 47.4 Å². The van der Waals surface area contributed by atoms with E-state index >= 15 is 0 Å². The van der Waals surface area contributed by atoms with E-state index in [1.807, 2.05) is 0 Å². The van der Waals surface area contributed by atoms with Crippen molar-refractivity contribution in [3.63, 3.8) is 0 Å². The molecule has 1 fully saturated rings. The van der Waals surface area contributed by atoms with Gasteiger partial charge in [0, 0.05) is 18.7 Å². The molecular weight excluding hydrogens is 372 g/mol. The summed E-state index contributed by atoms with van der Waals surface area (Å²) in [6.45, 7) is 0.587. The van der Waals surface area contributed by atoms with E-state index in [1.54, 1.807) is 29.2 Å². The van der Waals surface area contributed by atoms with Gasteiger partial charge in [-0.05, 0) is 42.8 Å². The van der Waals surface area contributed by atoms with E-state index in [0.29, 0.717) is 18.7 Å². The van der Waals surface area contributed by atoms with Gasteiger partial charge in [0.2, 0.25) is 5.91 Å². The van der Waals surface area contributed by atoms with Gasteiger partial charge in [0.25, 0.3) is 10.0 Å². The summed E-state index contributed by atoms with van der Waals surface area (Å²) in [6.07, 6.45) is 1.23. The molecule has 142 valence electrons. The summed E-state index contributed by atoms with van der Waals surface area (Å²) in [4.78, 5) is 24.4. The molecule has 0 spiro atoms. The lowest BCUT2D eigenvalue weighted by atomic mass is 10.2. The van der Waals surface area contributed by atoms with Crippen molar-refractivity contribution in [2.45, 2.75) is 17.7 Å². The molecule has 2 aromatic rings. The number of benzene rings is 2. The molecule has 1 saturated heterocycles. The van der Waals surface area contributed by atoms with Crippen LogP contribution in [0.5, 0.6) is 5.75 Å². The summed E-state index contributed by atoms with van der Waals surface area (Å²) < 4.78 is 33.1. The lowest BCUT2D eigenvalue weighted by molar-refractivity contribution is -0.117. The van der Waals surface area contributed by atoms with E-state index in [-0.39, 0.29) is 27.8 Å². The molecule has 0 radical (unpaired) electrons. The number of nitrogens with zero attached hydrogens (tertiary/aromatic N) is 1. The van der Waals surface area contributed by atoms with Crippen molar-refractivity contribution >= 4 is 33.3 Å². The topological polar surface area (TPSA) is 113 Å². The van der Waals surface area contributed by atoms with E-state index in [1.165, 1.54) is 19.2 Å². The molecule has 1 amide bonds. The van der Waals surface area contributed by atoms with Gasteiger partial charge in [-0.15, -0.1) is 0 Å². The van der Waals surface area contributed by atoms with Gasteiger partial charge in [-0.1, -0.05) is 6.07 Å². The molecule has 0 saturated carbocycles. The van der Waals surface area contributed by atoms with E-state index in [9.17, 15) is 18.0 Å². The molecule has 0 aliphatic carbocycles. The van der Waals surface area contributed by atoms with Gasteiger partial charge in [0.1, 0.15) is 10.6 Å². The van der Waals surface area contributed by atoms with E-state index in [0.717, 1.165) is 12.5 Å². The molecule has 2 N–H and O–H groups in total. The van der Waals surface area contributed by atoms with Crippen LogP contribution < -0.4 is 14.4 Å². The Kier molecular flexibility index (Phi) is 5.04. The van der Waals surface area contributed by atoms with Gasteiger partial charge < -0.3 is 14.7 Å². The van der Waals surface area contributed by atoms with Gasteiger partial charge in [0.15, 0.2) is 0 Å². The van der Waals surface area contributed by atoms with Gasteiger partial charge in [0.05, 0.1) is 18.4 Å². The summed E-state index contributed by atoms with van der Waals surface area (Å²) in [5.74, 6) is -1.23. The third kappa shape index (κ3) is 3.87. The number of carbonyl (C=O) groups is 2. The lowest BCUT2D eigenvalue weighted by Crippen LogP contribution is -2.23. The average molecular weight is 390 g/mol. The molecule has 1 aliphatic rings. The first-order chi connectivity index (χ1) is 12.8. The van der Waals surface area contributed by atoms with Crippen molar-refractivity contribution < 1.29 is 27.9 Å². The van der Waals surface area contributed by atoms with Gasteiger partial charge in [-0.25, -0.2) is 13.2 Å². The summed E-state index contributed by atoms with van der Waals surface area (Å²) >= 11 is 0. The Hall–Kier alpha value is -3.07. The minimum Gasteiger partial charge on any atom is -0.495 e. The summed E-state index contributed by atoms with van der Waals surface area (Å²) in [5, 5.41) is 9.12. The molecule has 0 atom stereocenters. The maximum atomic E-state index is 12.8. The zero-order valence-corrected chi connectivity index (χ0v) is 15.3. The fourth-order valence-corrected chi connectivity index (χ4v) is 4.13. The number of rotatable bonds is 6. The Morgan fingerprint density at radius 2 is 2.00 bits per heavy atom. The second kappa shape index (κ2) is 7.28. The molecule has 9 heteroatoms. The van der Waals surface area contributed by atoms with Crippen LogP contribution in [-0.4, -0.2) is 39.1 Å². The number of hydrogen-bond donors (Lipinski definition) is 2. The number of methoxy groups -OCH3 is 1. The van der Waals surface area contributed by atoms with Crippen LogP contribution in [0.25, 0.3) is 0 Å². The Morgan fingerprint density at radius 1 is 1.22 bits per heavy atom. The zero-order chi connectivity index (χ0) is 19.6. The zero-order valence-electron chi connectivity index (χ0n) is 14.5. The van der Waals surface area contributed by atoms with Crippen LogP contribution in [0.2, 0.25) is 0 Å². The maximum Gasteiger partial charge on any atom is 0.335 e. The van der Waals surface area contributed by atoms with Crippen molar-refractivity contribution in [3.8, 4) is 5.75 Å². The first-order valence-electron chi connectivity index (χ1n) is 8.16. The first kappa shape index (κ1) is 18.7. The number of carbonyl (C=O) groups excluding carboxylic acids is 1. The number of aromatic carboxylic acids is 1. The minimum atomic E-state index is -4.11. The Labute approximate surface area is 156 Å². The summed E-state index contributed by atoms with van der Waals surface area (Å²) in [6, 6.07) is 10.1. The fourth-order valence-electron chi connectivity index (χ4n) is 2.89. The number of anilines is 2. The minimum absolute atomic E-state index is 0.00849. The third-order valence-corrected chi connectivity index (χ3v) is 5.59. The quantitative estimate of drug-likeness (QED) is 0.783. The molecule has 1 heterocycles. The number of amides is 1. The molecule has 0 unspecified atom stereocenters. The Bertz CT molecular complexity index is 1000. The largest absolute Gasteiger partial charge is 0.495 e. The van der Waals surface area contributed by atoms with Gasteiger partial charge >= 0.3 is 5.97 Å². The number of carboxylic acids is 1. The van der Waals surface area contributed by atoms with Crippen molar-refractivity contribution in [2.75, 3.05) is 23.3 Å². The molecule has 3 rings (SSSR count). The SMILES string of the molecule is COc1ccc(C(=O)O)cc1S(=O)(=O)Nc1cccc(N2CCCC2=O)c1. The second-order valence-electron chi connectivity index (χ2n) is 5.98. The van der Waals surface area contributed by atoms with Crippen molar-refractivity contribution in [1.82, 2.24) is 0 Å². The Balaban J connectivity index is 1.94. The molecule has 0 bridgehead atoms. The van der Waals surface area contributed by atoms with Crippen LogP contribution in [0, 0.1) is 0 Å². The highest BCUT2D eigenvalue weighted by atomic mass is 32.2. The van der Waals surface area contributed by atoms with Crippen molar-refractivity contribution in [2.24, 2.45) is 0 Å². The third-order valence-electron chi connectivity index (χ3n) is 4.18. The van der Waals surface area contributed by atoms with Crippen LogP contribution >= 0.6 is 0 Å². The monoisotopic (exact) mass is 390 g/mol. The van der Waals surface area contributed by atoms with Crippen molar-refractivity contribution in [1.29, 1.82) is 0 Å². The molecule has 1 aliphatic heterocycles. The Morgan fingerprint density at radius 3 is 2.63 bits per heavy atom. The standard InChI is InChI=1S/C18H18N2O6S/c1-26-15-8-7-12(18(22)23)10-16(15)27(24,25)19-13-4-2-5-14(11-13)20-9-3-6-17(20)21/h2,4-5,7-8,10-11,19H,3,6,9H2,1H3,(H,22,23). The smallest absolute Gasteiger partial charge is 0.335 e. The lowest BCUT2D eigenvalue weighted by Gasteiger charge is -2.17. The van der Waals surface area contributed by atoms with Gasteiger partial charge in [-0.3, -0.25) is 9.52 Å². The fraction of sp³-hybridized carbons (Fsp3) is 0.222. The van der Waals surface area contributed by atoms with Crippen LogP contribution in [0.1, 0.15) is 23.2 Å². The first-order valence-corrected chi connectivity index (χ1v) is 9.65. The average Bonchev–Trinajstić information content (AvgIpc) is 3.07. The summed E-state index contributed by atoms with van der Waals surface area (Å²) in [5.41, 5.74) is 0.687. The number of nitrogens with one attached hydrogen (secondary N) is 1. The highest BCUT2D eigenvalue weighted by Gasteiger charge is 2.24. The molecule has 2 aromatic carbocycles. The van der Waals surface area contributed by atoms with Crippen LogP contribution in [-0.2, 0) is 14.8 Å². The number of carboxylic acid groups (broad SMARTS) is 1. The van der Waals surface area contributed by atoms with E-state index in [2.05, 4.69) is 4.72 Å². The van der Waals surface area contributed by atoms with E-state index < -0.39 is 16.0 Å².